The molecule has 0 radical (unpaired) electrons. The molecule has 0 fully saturated rings. The summed E-state index contributed by atoms with van der Waals surface area (Å²) in [6, 6.07) is 0. The van der Waals surface area contributed by atoms with Crippen molar-refractivity contribution in [3.63, 3.8) is 0 Å². The van der Waals surface area contributed by atoms with Crippen molar-refractivity contribution in [1.29, 1.82) is 0 Å². The van der Waals surface area contributed by atoms with E-state index in [-0.39, 0.29) is 11.6 Å². The molecule has 0 heterocycles. The number of carbonyl (C=O) groups is 3. The molecule has 0 aliphatic heterocycles. The molecule has 0 aliphatic rings. The van der Waals surface area contributed by atoms with Gasteiger partial charge in [-0.3, -0.25) is 0 Å². The standard InChI is InChI=1S/C10H15O3.Sb.2H/c1-3-5-9(12)8(7-11)10(13)6-4-2;;;/h7H,3-6H2,1-2H3;;;. The molecule has 0 bridgehead atoms. The van der Waals surface area contributed by atoms with Crippen molar-refractivity contribution in [2.75, 3.05) is 0 Å². The van der Waals surface area contributed by atoms with E-state index in [9.17, 15) is 14.4 Å². The third-order valence-electron chi connectivity index (χ3n) is 2.06. The van der Waals surface area contributed by atoms with E-state index >= 15 is 0 Å². The summed E-state index contributed by atoms with van der Waals surface area (Å²) in [6.07, 6.45) is 2.58. The van der Waals surface area contributed by atoms with Crippen LogP contribution in [0.4, 0.5) is 0 Å². The normalized spacial score (nSPS) is 11.1. The first-order valence-corrected chi connectivity index (χ1v) is 6.49. The van der Waals surface area contributed by atoms with Crippen LogP contribution in [-0.4, -0.2) is 40.9 Å². The minimum atomic E-state index is -1.27. The molecule has 0 rings (SSSR count). The third-order valence-corrected chi connectivity index (χ3v) is 4.29. The summed E-state index contributed by atoms with van der Waals surface area (Å²) in [4.78, 5) is 34.0. The fourth-order valence-electron chi connectivity index (χ4n) is 1.15. The molecule has 0 aromatic heterocycles. The third kappa shape index (κ3) is 3.20. The van der Waals surface area contributed by atoms with Crippen molar-refractivity contribution in [1.82, 2.24) is 0 Å². The van der Waals surface area contributed by atoms with Gasteiger partial charge in [-0.05, 0) is 0 Å². The van der Waals surface area contributed by atoms with Gasteiger partial charge in [0.1, 0.15) is 0 Å². The zero-order valence-electron chi connectivity index (χ0n) is 8.71. The van der Waals surface area contributed by atoms with Crippen molar-refractivity contribution in [3.8, 4) is 0 Å². The van der Waals surface area contributed by atoms with Crippen LogP contribution in [0.15, 0.2) is 0 Å². The van der Waals surface area contributed by atoms with E-state index < -0.39 is 3.36 Å². The van der Waals surface area contributed by atoms with Gasteiger partial charge in [0.05, 0.1) is 0 Å². The van der Waals surface area contributed by atoms with Crippen LogP contribution < -0.4 is 0 Å². The maximum atomic E-state index is 11.6. The topological polar surface area (TPSA) is 51.2 Å². The second kappa shape index (κ2) is 6.34. The molecule has 0 atom stereocenters. The Bertz CT molecular complexity index is 218. The Balaban J connectivity index is 4.69. The fourth-order valence-corrected chi connectivity index (χ4v) is 1.98. The predicted molar refractivity (Wildman–Crippen MR) is 57.1 cm³/mol. The zero-order chi connectivity index (χ0) is 11.2. The number of carbonyl (C=O) groups excluding carboxylic acids is 3. The SMILES string of the molecule is CCCC(=O)[C]([SbH2])(C=O)C(=O)CCC. The summed E-state index contributed by atoms with van der Waals surface area (Å²) in [5.74, 6) is -0.397. The van der Waals surface area contributed by atoms with Gasteiger partial charge in [0.2, 0.25) is 0 Å². The van der Waals surface area contributed by atoms with Gasteiger partial charge in [-0.2, -0.15) is 0 Å². The number of hydrogen-bond donors (Lipinski definition) is 0. The van der Waals surface area contributed by atoms with Crippen LogP contribution in [-0.2, 0) is 14.4 Å². The molecular formula is C10H17O3Sb. The maximum absolute atomic E-state index is 11.6. The van der Waals surface area contributed by atoms with Crippen LogP contribution in [0.25, 0.3) is 0 Å². The second-order valence-corrected chi connectivity index (χ2v) is 5.93. The Kier molecular flexibility index (Phi) is 6.26. The molecule has 0 aliphatic carbocycles. The van der Waals surface area contributed by atoms with E-state index in [2.05, 4.69) is 0 Å². The summed E-state index contributed by atoms with van der Waals surface area (Å²) in [6.45, 7) is 3.74. The molecule has 14 heavy (non-hydrogen) atoms. The number of ketones is 2. The van der Waals surface area contributed by atoms with E-state index in [0.29, 0.717) is 55.0 Å². The molecule has 0 unspecified atom stereocenters. The molecule has 0 N–H and O–H groups in total. The monoisotopic (exact) mass is 306 g/mol. The second-order valence-electron chi connectivity index (χ2n) is 3.33. The average Bonchev–Trinajstić information content (AvgIpc) is 2.17. The van der Waals surface area contributed by atoms with Crippen LogP contribution in [0.3, 0.4) is 0 Å². The molecule has 80 valence electrons. The number of rotatable bonds is 7. The molecule has 0 spiro atoms. The Hall–Kier alpha value is -0.172. The molecular weight excluding hydrogens is 290 g/mol. The van der Waals surface area contributed by atoms with Crippen molar-refractivity contribution < 1.29 is 14.4 Å². The van der Waals surface area contributed by atoms with Gasteiger partial charge in [-0.15, -0.1) is 0 Å². The van der Waals surface area contributed by atoms with Crippen molar-refractivity contribution in [2.45, 2.75) is 42.9 Å². The molecule has 0 aromatic carbocycles. The van der Waals surface area contributed by atoms with E-state index in [0.717, 1.165) is 0 Å². The van der Waals surface area contributed by atoms with Crippen molar-refractivity contribution in [3.05, 3.63) is 0 Å². The quantitative estimate of drug-likeness (QED) is 0.395. The summed E-state index contributed by atoms with van der Waals surface area (Å²) in [5, 5.41) is 0. The number of hydrogen-bond acceptors (Lipinski definition) is 3. The first-order valence-electron chi connectivity index (χ1n) is 4.84. The summed E-state index contributed by atoms with van der Waals surface area (Å²) in [7, 11) is 0. The Morgan fingerprint density at radius 2 is 1.50 bits per heavy atom. The summed E-state index contributed by atoms with van der Waals surface area (Å²) >= 11 is 0.370. The first kappa shape index (κ1) is 13.8. The Morgan fingerprint density at radius 1 is 1.14 bits per heavy atom. The van der Waals surface area contributed by atoms with Gasteiger partial charge in [-0.1, -0.05) is 0 Å². The molecule has 0 aromatic rings. The van der Waals surface area contributed by atoms with Gasteiger partial charge in [-0.25, -0.2) is 0 Å². The Morgan fingerprint density at radius 3 is 1.71 bits per heavy atom. The average molecular weight is 307 g/mol. The van der Waals surface area contributed by atoms with E-state index in [4.69, 9.17) is 0 Å². The zero-order valence-corrected chi connectivity index (χ0v) is 12.0. The van der Waals surface area contributed by atoms with Crippen LogP contribution >= 0.6 is 0 Å². The number of aldehydes is 1. The summed E-state index contributed by atoms with van der Waals surface area (Å²) in [5.41, 5.74) is 0. The molecule has 3 nitrogen and oxygen atoms in total. The van der Waals surface area contributed by atoms with Crippen molar-refractivity contribution in [2.24, 2.45) is 0 Å². The van der Waals surface area contributed by atoms with Crippen LogP contribution in [0, 0.1) is 0 Å². The minimum absolute atomic E-state index is 0.198. The van der Waals surface area contributed by atoms with Gasteiger partial charge < -0.3 is 0 Å². The van der Waals surface area contributed by atoms with Gasteiger partial charge in [0.15, 0.2) is 0 Å². The van der Waals surface area contributed by atoms with Crippen molar-refractivity contribution >= 4 is 40.9 Å². The van der Waals surface area contributed by atoms with Crippen LogP contribution in [0.2, 0.25) is 3.36 Å². The predicted octanol–water partition coefficient (Wildman–Crippen LogP) is 0.716. The van der Waals surface area contributed by atoms with Gasteiger partial charge in [0.25, 0.3) is 0 Å². The van der Waals surface area contributed by atoms with Gasteiger partial charge in [0, 0.05) is 0 Å². The Labute approximate surface area is 98.1 Å². The van der Waals surface area contributed by atoms with E-state index in [1.165, 1.54) is 0 Å². The van der Waals surface area contributed by atoms with Crippen LogP contribution in [0.5, 0.6) is 0 Å². The first-order chi connectivity index (χ1) is 6.52. The van der Waals surface area contributed by atoms with Crippen LogP contribution in [0.1, 0.15) is 39.5 Å². The van der Waals surface area contributed by atoms with E-state index in [1.807, 2.05) is 13.8 Å². The fraction of sp³-hybridized carbons (Fsp3) is 0.700. The van der Waals surface area contributed by atoms with Gasteiger partial charge >= 0.3 is 98.2 Å². The molecule has 0 amide bonds. The molecule has 0 saturated carbocycles. The molecule has 0 saturated heterocycles. The summed E-state index contributed by atoms with van der Waals surface area (Å²) < 4.78 is -1.27. The van der Waals surface area contributed by atoms with E-state index in [1.54, 1.807) is 0 Å². The molecule has 4 heteroatoms. The number of Topliss-reactive ketones (excluding diaryl/α,β-unsaturated/α-hetero) is 2.